The van der Waals surface area contributed by atoms with Crippen molar-refractivity contribution < 1.29 is 45.7 Å². The second-order valence-corrected chi connectivity index (χ2v) is 31.8. The van der Waals surface area contributed by atoms with Gasteiger partial charge in [0.1, 0.15) is 0 Å². The summed E-state index contributed by atoms with van der Waals surface area (Å²) in [5.41, 5.74) is 14.5. The predicted octanol–water partition coefficient (Wildman–Crippen LogP) is 3.09. The van der Waals surface area contributed by atoms with Gasteiger partial charge >= 0.3 is 228 Å². The molecule has 0 aliphatic heterocycles. The quantitative estimate of drug-likeness (QED) is 0.350. The molecule has 0 fully saturated rings. The standard InChI is InChI=1S/C18H15.C14H17.C2H7Si.2ClH.Zr/c1-2-6-13(7-3-1)18-16-10-4-8-14(16)12-15-9-5-11-17(15)18;1-3-6-11(2)13-10-9-12-7-4-5-8-14(12)13;1-3-2;;;/h1-4,6-8,10,12H,5,9,11H2;4-5,7-11H,3,6H2,1-2H3;3H,1-2H3;2*1H;/q;;;;;+2/p-2. The average Bonchev–Trinajstić information content (AvgIpc) is 3.61. The molecule has 4 heteroatoms. The molecule has 0 aromatic heterocycles. The van der Waals surface area contributed by atoms with Crippen LogP contribution in [0.5, 0.6) is 0 Å². The third-order valence-corrected chi connectivity index (χ3v) is 30.3. The molecule has 3 atom stereocenters. The smallest absolute Gasteiger partial charge is 1.00 e. The number of hydrogen-bond donors (Lipinski definition) is 0. The van der Waals surface area contributed by atoms with Gasteiger partial charge in [0, 0.05) is 0 Å². The van der Waals surface area contributed by atoms with Crippen LogP contribution < -0.4 is 24.8 Å². The first-order valence-electron chi connectivity index (χ1n) is 14.2. The van der Waals surface area contributed by atoms with Crippen molar-refractivity contribution >= 4 is 17.6 Å². The second kappa shape index (κ2) is 12.6. The van der Waals surface area contributed by atoms with E-state index in [1.54, 1.807) is 44.5 Å². The van der Waals surface area contributed by atoms with E-state index < -0.39 is 26.8 Å². The molecule has 38 heavy (non-hydrogen) atoms. The largest absolute Gasteiger partial charge is 1.00 e. The molecule has 3 aliphatic rings. The van der Waals surface area contributed by atoms with Crippen molar-refractivity contribution in [1.29, 1.82) is 0 Å². The Morgan fingerprint density at radius 1 is 0.921 bits per heavy atom. The van der Waals surface area contributed by atoms with E-state index in [2.05, 4.69) is 106 Å². The Morgan fingerprint density at radius 2 is 1.66 bits per heavy atom. The summed E-state index contributed by atoms with van der Waals surface area (Å²) in [5.74, 6) is -0.128. The van der Waals surface area contributed by atoms with Crippen molar-refractivity contribution in [3.05, 3.63) is 106 Å². The maximum absolute atomic E-state index is 2.80. The molecule has 0 radical (unpaired) electrons. The van der Waals surface area contributed by atoms with E-state index >= 15 is 0 Å². The number of hydrogen-bond acceptors (Lipinski definition) is 0. The number of allylic oxidation sites excluding steroid dienone is 3. The molecule has 0 bridgehead atoms. The molecule has 0 heterocycles. The second-order valence-electron chi connectivity index (χ2n) is 11.5. The van der Waals surface area contributed by atoms with Gasteiger partial charge in [-0.2, -0.15) is 0 Å². The maximum Gasteiger partial charge on any atom is -1.00 e. The zero-order valence-corrected chi connectivity index (χ0v) is 28.2. The zero-order chi connectivity index (χ0) is 24.8. The molecule has 0 saturated carbocycles. The summed E-state index contributed by atoms with van der Waals surface area (Å²) in [6, 6.07) is 23.4. The van der Waals surface area contributed by atoms with Gasteiger partial charge in [-0.05, 0) is 0 Å². The van der Waals surface area contributed by atoms with Gasteiger partial charge in [0.15, 0.2) is 0 Å². The van der Waals surface area contributed by atoms with E-state index in [9.17, 15) is 0 Å². The Kier molecular flexibility index (Phi) is 9.84. The van der Waals surface area contributed by atoms with Gasteiger partial charge in [0.25, 0.3) is 0 Å². The zero-order valence-electron chi connectivity index (χ0n) is 23.1. The molecule has 3 aliphatic carbocycles. The first-order valence-corrected chi connectivity index (χ1v) is 24.2. The maximum atomic E-state index is 2.80. The minimum absolute atomic E-state index is 0. The van der Waals surface area contributed by atoms with E-state index in [-0.39, 0.29) is 24.8 Å². The molecular formula is C34H39Cl2SiZr. The molecular weight excluding hydrogens is 599 g/mol. The number of benzene rings is 3. The van der Waals surface area contributed by atoms with Crippen molar-refractivity contribution in [1.82, 2.24) is 0 Å². The SMILES string of the molecule is CCCC(C)C1=C[CH]([Zr+2]([CH]2C=Cc3c2cc2c(c3-c3ccccc3)CCC2)[SiH](C)C)c2ccccc21.[Cl-].[Cl-]. The van der Waals surface area contributed by atoms with Gasteiger partial charge in [-0.3, -0.25) is 0 Å². The molecule has 0 amide bonds. The van der Waals surface area contributed by atoms with Crippen LogP contribution in [0, 0.1) is 5.92 Å². The van der Waals surface area contributed by atoms with Crippen molar-refractivity contribution in [3.8, 4) is 11.1 Å². The first kappa shape index (κ1) is 29.8. The van der Waals surface area contributed by atoms with E-state index in [4.69, 9.17) is 0 Å². The summed E-state index contributed by atoms with van der Waals surface area (Å²) >= 11 is -1.92. The molecule has 3 unspecified atom stereocenters. The molecule has 0 nitrogen and oxygen atoms in total. The van der Waals surface area contributed by atoms with Gasteiger partial charge < -0.3 is 24.8 Å². The van der Waals surface area contributed by atoms with Crippen molar-refractivity contribution in [2.75, 3.05) is 0 Å². The van der Waals surface area contributed by atoms with Gasteiger partial charge in [-0.15, -0.1) is 0 Å². The summed E-state index contributed by atoms with van der Waals surface area (Å²) in [4.78, 5) is 0. The molecule has 0 saturated heterocycles. The van der Waals surface area contributed by atoms with Crippen molar-refractivity contribution in [2.45, 2.75) is 66.3 Å². The van der Waals surface area contributed by atoms with Crippen LogP contribution in [0.3, 0.4) is 0 Å². The third kappa shape index (κ3) is 5.16. The molecule has 3 aromatic carbocycles. The Bertz CT molecular complexity index is 1340. The molecule has 0 N–H and O–H groups in total. The van der Waals surface area contributed by atoms with Gasteiger partial charge in [-0.1, -0.05) is 0 Å². The topological polar surface area (TPSA) is 0 Å². The monoisotopic (exact) mass is 635 g/mol. The number of aryl methyl sites for hydroxylation is 1. The summed E-state index contributed by atoms with van der Waals surface area (Å²) in [7, 11) is 0. The van der Waals surface area contributed by atoms with Gasteiger partial charge in [0.05, 0.1) is 0 Å². The predicted molar refractivity (Wildman–Crippen MR) is 156 cm³/mol. The summed E-state index contributed by atoms with van der Waals surface area (Å²) in [5, 5.41) is 0. The number of halogens is 2. The van der Waals surface area contributed by atoms with E-state index in [0.29, 0.717) is 5.92 Å². The van der Waals surface area contributed by atoms with Gasteiger partial charge in [0.2, 0.25) is 0 Å². The summed E-state index contributed by atoms with van der Waals surface area (Å²) in [6.07, 6.45) is 14.4. The van der Waals surface area contributed by atoms with Crippen molar-refractivity contribution in [2.24, 2.45) is 5.92 Å². The minimum Gasteiger partial charge on any atom is -1.00 e. The van der Waals surface area contributed by atoms with Crippen LogP contribution in [0.15, 0.2) is 72.8 Å². The fourth-order valence-electron chi connectivity index (χ4n) is 7.34. The van der Waals surface area contributed by atoms with Crippen LogP contribution in [0.25, 0.3) is 22.8 Å². The van der Waals surface area contributed by atoms with E-state index in [0.717, 1.165) is 7.25 Å². The Balaban J connectivity index is 0.00000168. The van der Waals surface area contributed by atoms with Gasteiger partial charge in [-0.25, -0.2) is 0 Å². The number of fused-ring (bicyclic) bond motifs is 3. The van der Waals surface area contributed by atoms with E-state index in [1.165, 1.54) is 37.7 Å². The van der Waals surface area contributed by atoms with Crippen LogP contribution >= 0.6 is 0 Å². The van der Waals surface area contributed by atoms with Crippen LogP contribution in [0.1, 0.15) is 73.7 Å². The Hall–Kier alpha value is -1.18. The Labute approximate surface area is 251 Å². The normalized spacial score (nSPS) is 19.2. The van der Waals surface area contributed by atoms with Crippen LogP contribution in [0.2, 0.25) is 13.1 Å². The van der Waals surface area contributed by atoms with Crippen LogP contribution in [-0.2, 0) is 33.8 Å². The number of rotatable bonds is 7. The third-order valence-electron chi connectivity index (χ3n) is 8.92. The van der Waals surface area contributed by atoms with Crippen LogP contribution in [-0.4, -0.2) is 5.92 Å². The first-order chi connectivity index (χ1) is 17.6. The molecule has 197 valence electrons. The fraction of sp³-hybridized carbons (Fsp3) is 0.353. The van der Waals surface area contributed by atoms with Crippen LogP contribution in [0.4, 0.5) is 0 Å². The van der Waals surface area contributed by atoms with Crippen molar-refractivity contribution in [3.63, 3.8) is 0 Å². The molecule has 6 rings (SSSR count). The van der Waals surface area contributed by atoms with E-state index in [1.807, 2.05) is 0 Å². The average molecular weight is 638 g/mol. The molecule has 3 aromatic rings. The fourth-order valence-corrected chi connectivity index (χ4v) is 28.3. The minimum atomic E-state index is -1.92. The summed E-state index contributed by atoms with van der Waals surface area (Å²) in [6.45, 7) is 10.1. The summed E-state index contributed by atoms with van der Waals surface area (Å²) < 4.78 is 1.45. The Morgan fingerprint density at radius 3 is 2.39 bits per heavy atom. The molecule has 0 spiro atoms.